The predicted octanol–water partition coefficient (Wildman–Crippen LogP) is 1.87. The summed E-state index contributed by atoms with van der Waals surface area (Å²) in [7, 11) is 0. The molecule has 0 saturated carbocycles. The number of halogens is 2. The van der Waals surface area contributed by atoms with Gasteiger partial charge in [-0.25, -0.2) is 0 Å². The van der Waals surface area contributed by atoms with E-state index in [1.807, 2.05) is 0 Å². The molecule has 0 aliphatic heterocycles. The highest BCUT2D eigenvalue weighted by molar-refractivity contribution is 6.35. The van der Waals surface area contributed by atoms with Gasteiger partial charge in [-0.1, -0.05) is 23.2 Å². The fourth-order valence-electron chi connectivity index (χ4n) is 1.10. The molecule has 6 heteroatoms. The number of ether oxygens (including phenoxy) is 1. The molecule has 0 spiro atoms. The van der Waals surface area contributed by atoms with Crippen LogP contribution in [0.25, 0.3) is 0 Å². The lowest BCUT2D eigenvalue weighted by molar-refractivity contribution is -0.123. The summed E-state index contributed by atoms with van der Waals surface area (Å²) in [6.07, 6.45) is 0. The zero-order valence-corrected chi connectivity index (χ0v) is 10.8. The van der Waals surface area contributed by atoms with Gasteiger partial charge in [-0.2, -0.15) is 0 Å². The fraction of sp³-hybridized carbons (Fsp3) is 0.364. The second kappa shape index (κ2) is 6.69. The Balaban J connectivity index is 2.47. The van der Waals surface area contributed by atoms with E-state index in [4.69, 9.17) is 33.0 Å². The monoisotopic (exact) mass is 277 g/mol. The molecule has 0 heterocycles. The first-order valence-corrected chi connectivity index (χ1v) is 5.76. The third-order valence-electron chi connectivity index (χ3n) is 1.93. The van der Waals surface area contributed by atoms with E-state index >= 15 is 0 Å². The number of benzene rings is 1. The van der Waals surface area contributed by atoms with Crippen LogP contribution in [-0.2, 0) is 4.79 Å². The minimum atomic E-state index is -0.322. The van der Waals surface area contributed by atoms with Crippen molar-refractivity contribution in [3.63, 3.8) is 0 Å². The van der Waals surface area contributed by atoms with E-state index in [0.717, 1.165) is 0 Å². The maximum atomic E-state index is 11.3. The first-order valence-electron chi connectivity index (χ1n) is 5.01. The van der Waals surface area contributed by atoms with Crippen molar-refractivity contribution >= 4 is 29.1 Å². The third-order valence-corrected chi connectivity index (χ3v) is 2.46. The summed E-state index contributed by atoms with van der Waals surface area (Å²) in [6.45, 7) is 1.41. The smallest absolute Gasteiger partial charge is 0.258 e. The van der Waals surface area contributed by atoms with Crippen LogP contribution in [0.4, 0.5) is 0 Å². The van der Waals surface area contributed by atoms with Crippen LogP contribution < -0.4 is 10.1 Å². The number of hydrogen-bond acceptors (Lipinski definition) is 3. The number of amides is 1. The van der Waals surface area contributed by atoms with Gasteiger partial charge in [0.2, 0.25) is 0 Å². The van der Waals surface area contributed by atoms with E-state index in [1.165, 1.54) is 6.07 Å². The Kier molecular flexibility index (Phi) is 5.55. The molecule has 4 nitrogen and oxygen atoms in total. The summed E-state index contributed by atoms with van der Waals surface area (Å²) in [5.74, 6) is 0.0698. The molecule has 0 radical (unpaired) electrons. The number of hydrogen-bond donors (Lipinski definition) is 2. The van der Waals surface area contributed by atoms with Crippen LogP contribution in [0.5, 0.6) is 5.75 Å². The topological polar surface area (TPSA) is 58.6 Å². The van der Waals surface area contributed by atoms with Gasteiger partial charge in [0.1, 0.15) is 5.75 Å². The van der Waals surface area contributed by atoms with Gasteiger partial charge >= 0.3 is 0 Å². The molecule has 1 aromatic rings. The first kappa shape index (κ1) is 14.1. The van der Waals surface area contributed by atoms with Crippen molar-refractivity contribution < 1.29 is 14.6 Å². The summed E-state index contributed by atoms with van der Waals surface area (Å²) in [6, 6.07) is 4.45. The van der Waals surface area contributed by atoms with Crippen molar-refractivity contribution in [1.82, 2.24) is 5.32 Å². The number of nitrogens with one attached hydrogen (secondary N) is 1. The van der Waals surface area contributed by atoms with Crippen molar-refractivity contribution in [3.05, 3.63) is 28.2 Å². The highest BCUT2D eigenvalue weighted by Crippen LogP contribution is 2.27. The maximum Gasteiger partial charge on any atom is 0.258 e. The minimum absolute atomic E-state index is 0.118. The molecule has 0 aliphatic rings. The van der Waals surface area contributed by atoms with Crippen LogP contribution >= 0.6 is 23.2 Å². The standard InChI is InChI=1S/C11H13Cl2NO3/c1-7(5-15)14-11(16)6-17-10-3-2-8(12)4-9(10)13/h2-4,7,15H,5-6H2,1H3,(H,14,16). The number of aliphatic hydroxyl groups excluding tert-OH is 1. The molecular formula is C11H13Cl2NO3. The Bertz CT molecular complexity index is 398. The van der Waals surface area contributed by atoms with Crippen molar-refractivity contribution in [1.29, 1.82) is 0 Å². The van der Waals surface area contributed by atoms with Crippen molar-refractivity contribution in [2.24, 2.45) is 0 Å². The van der Waals surface area contributed by atoms with Crippen LogP contribution in [-0.4, -0.2) is 30.3 Å². The van der Waals surface area contributed by atoms with E-state index in [1.54, 1.807) is 19.1 Å². The molecule has 1 atom stereocenters. The number of carbonyl (C=O) groups excluding carboxylic acids is 1. The highest BCUT2D eigenvalue weighted by Gasteiger charge is 2.08. The van der Waals surface area contributed by atoms with Crippen LogP contribution in [0.1, 0.15) is 6.92 Å². The van der Waals surface area contributed by atoms with Gasteiger partial charge < -0.3 is 15.2 Å². The fourth-order valence-corrected chi connectivity index (χ4v) is 1.56. The molecule has 2 N–H and O–H groups in total. The van der Waals surface area contributed by atoms with E-state index in [0.29, 0.717) is 15.8 Å². The summed E-state index contributed by atoms with van der Waals surface area (Å²) >= 11 is 11.6. The molecule has 0 saturated heterocycles. The zero-order chi connectivity index (χ0) is 12.8. The van der Waals surface area contributed by atoms with Gasteiger partial charge in [0.25, 0.3) is 5.91 Å². The molecule has 1 rings (SSSR count). The van der Waals surface area contributed by atoms with Crippen molar-refractivity contribution in [3.8, 4) is 5.75 Å². The van der Waals surface area contributed by atoms with E-state index in [2.05, 4.69) is 5.32 Å². The van der Waals surface area contributed by atoms with Crippen LogP contribution in [0, 0.1) is 0 Å². The van der Waals surface area contributed by atoms with Gasteiger partial charge in [0.15, 0.2) is 6.61 Å². The van der Waals surface area contributed by atoms with Crippen molar-refractivity contribution in [2.75, 3.05) is 13.2 Å². The normalized spacial score (nSPS) is 12.0. The largest absolute Gasteiger partial charge is 0.482 e. The lowest BCUT2D eigenvalue weighted by atomic mass is 10.3. The number of aliphatic hydroxyl groups is 1. The third kappa shape index (κ3) is 4.81. The summed E-state index contributed by atoms with van der Waals surface area (Å²) < 4.78 is 5.21. The molecule has 0 fully saturated rings. The average Bonchev–Trinajstić information content (AvgIpc) is 2.27. The van der Waals surface area contributed by atoms with E-state index in [-0.39, 0.29) is 25.2 Å². The molecule has 17 heavy (non-hydrogen) atoms. The molecule has 1 unspecified atom stereocenters. The summed E-state index contributed by atoms with van der Waals surface area (Å²) in [5, 5.41) is 12.1. The Morgan fingerprint density at radius 2 is 2.24 bits per heavy atom. The molecule has 1 amide bonds. The minimum Gasteiger partial charge on any atom is -0.482 e. The Morgan fingerprint density at radius 3 is 2.82 bits per heavy atom. The molecule has 0 aliphatic carbocycles. The van der Waals surface area contributed by atoms with Gasteiger partial charge in [-0.3, -0.25) is 4.79 Å². The Morgan fingerprint density at radius 1 is 1.53 bits per heavy atom. The average molecular weight is 278 g/mol. The molecule has 0 aromatic heterocycles. The van der Waals surface area contributed by atoms with Crippen LogP contribution in [0.2, 0.25) is 10.0 Å². The number of rotatable bonds is 5. The first-order chi connectivity index (χ1) is 8.02. The van der Waals surface area contributed by atoms with Crippen LogP contribution in [0.15, 0.2) is 18.2 Å². The molecule has 1 aromatic carbocycles. The van der Waals surface area contributed by atoms with Gasteiger partial charge in [-0.15, -0.1) is 0 Å². The van der Waals surface area contributed by atoms with E-state index in [9.17, 15) is 4.79 Å². The Hall–Kier alpha value is -0.970. The quantitative estimate of drug-likeness (QED) is 0.864. The lowest BCUT2D eigenvalue weighted by Crippen LogP contribution is -2.38. The summed E-state index contributed by atoms with van der Waals surface area (Å²) in [5.41, 5.74) is 0. The zero-order valence-electron chi connectivity index (χ0n) is 9.24. The number of carbonyl (C=O) groups is 1. The molecule has 0 bridgehead atoms. The second-order valence-electron chi connectivity index (χ2n) is 3.51. The SMILES string of the molecule is CC(CO)NC(=O)COc1ccc(Cl)cc1Cl. The van der Waals surface area contributed by atoms with Gasteiger partial charge in [0, 0.05) is 11.1 Å². The van der Waals surface area contributed by atoms with Gasteiger partial charge in [-0.05, 0) is 25.1 Å². The molecule has 94 valence electrons. The second-order valence-corrected chi connectivity index (χ2v) is 4.36. The predicted molar refractivity (Wildman–Crippen MR) is 66.6 cm³/mol. The summed E-state index contributed by atoms with van der Waals surface area (Å²) in [4.78, 5) is 11.3. The lowest BCUT2D eigenvalue weighted by Gasteiger charge is -2.12. The Labute approximate surface area is 109 Å². The van der Waals surface area contributed by atoms with Crippen LogP contribution in [0.3, 0.4) is 0 Å². The molecular weight excluding hydrogens is 265 g/mol. The van der Waals surface area contributed by atoms with E-state index < -0.39 is 0 Å². The highest BCUT2D eigenvalue weighted by atomic mass is 35.5. The van der Waals surface area contributed by atoms with Gasteiger partial charge in [0.05, 0.1) is 11.6 Å². The van der Waals surface area contributed by atoms with Crippen molar-refractivity contribution in [2.45, 2.75) is 13.0 Å². The maximum absolute atomic E-state index is 11.3.